The first-order valence-electron chi connectivity index (χ1n) is 9.39. The number of anilines is 1. The molecule has 0 saturated carbocycles. The summed E-state index contributed by atoms with van der Waals surface area (Å²) < 4.78 is 11.2. The molecule has 0 N–H and O–H groups in total. The van der Waals surface area contributed by atoms with Gasteiger partial charge >= 0.3 is 0 Å². The molecule has 1 amide bonds. The Labute approximate surface area is 166 Å². The molecule has 144 valence electrons. The van der Waals surface area contributed by atoms with Crippen LogP contribution in [0.4, 0.5) is 5.69 Å². The monoisotopic (exact) mass is 396 g/mol. The van der Waals surface area contributed by atoms with Crippen molar-refractivity contribution in [3.63, 3.8) is 0 Å². The molecule has 7 nitrogen and oxygen atoms in total. The Hall–Kier alpha value is -2.71. The van der Waals surface area contributed by atoms with Gasteiger partial charge in [0.15, 0.2) is 0 Å². The minimum Gasteiger partial charge on any atom is -0.418 e. The lowest BCUT2D eigenvalue weighted by atomic mass is 9.98. The predicted octanol–water partition coefficient (Wildman–Crippen LogP) is 2.83. The summed E-state index contributed by atoms with van der Waals surface area (Å²) in [5.41, 5.74) is 3.04. The molecule has 1 aromatic carbocycles. The molecule has 0 bridgehead atoms. The number of ether oxygens (including phenoxy) is 1. The van der Waals surface area contributed by atoms with E-state index in [0.717, 1.165) is 48.7 Å². The van der Waals surface area contributed by atoms with Crippen molar-refractivity contribution < 1.29 is 13.9 Å². The van der Waals surface area contributed by atoms with Gasteiger partial charge in [0, 0.05) is 30.9 Å². The topological polar surface area (TPSA) is 71.7 Å². The van der Waals surface area contributed by atoms with E-state index in [1.165, 1.54) is 5.69 Å². The maximum atomic E-state index is 12.9. The van der Waals surface area contributed by atoms with Crippen molar-refractivity contribution in [3.8, 4) is 10.8 Å². The third-order valence-corrected chi connectivity index (χ3v) is 6.02. The number of morpholine rings is 1. The molecular weight excluding hydrogens is 376 g/mol. The quantitative estimate of drug-likeness (QED) is 0.675. The van der Waals surface area contributed by atoms with E-state index in [0.29, 0.717) is 24.9 Å². The lowest BCUT2D eigenvalue weighted by Crippen LogP contribution is -2.38. The van der Waals surface area contributed by atoms with Gasteiger partial charge in [-0.25, -0.2) is 0 Å². The number of rotatable bonds is 4. The van der Waals surface area contributed by atoms with Crippen LogP contribution in [0.15, 0.2) is 40.1 Å². The highest BCUT2D eigenvalue weighted by molar-refractivity contribution is 7.13. The molecule has 2 aliphatic rings. The molecular formula is C20H20N4O3S. The average Bonchev–Trinajstić information content (AvgIpc) is 3.42. The summed E-state index contributed by atoms with van der Waals surface area (Å²) in [7, 11) is 0. The zero-order valence-corrected chi connectivity index (χ0v) is 16.2. The fourth-order valence-electron chi connectivity index (χ4n) is 3.67. The summed E-state index contributed by atoms with van der Waals surface area (Å²) in [6.07, 6.45) is 0.825. The van der Waals surface area contributed by atoms with Crippen molar-refractivity contribution in [2.75, 3.05) is 37.7 Å². The van der Waals surface area contributed by atoms with Crippen molar-refractivity contribution in [3.05, 3.63) is 52.7 Å². The summed E-state index contributed by atoms with van der Waals surface area (Å²) in [5.74, 6) is 0.987. The molecule has 1 fully saturated rings. The third kappa shape index (κ3) is 3.29. The Kier molecular flexibility index (Phi) is 4.58. The van der Waals surface area contributed by atoms with Gasteiger partial charge in [0.1, 0.15) is 0 Å². The molecule has 4 heterocycles. The highest BCUT2D eigenvalue weighted by Crippen LogP contribution is 2.27. The maximum Gasteiger partial charge on any atom is 0.257 e. The van der Waals surface area contributed by atoms with Gasteiger partial charge in [-0.15, -0.1) is 21.5 Å². The first-order chi connectivity index (χ1) is 13.8. The summed E-state index contributed by atoms with van der Waals surface area (Å²) in [6, 6.07) is 10.0. The second kappa shape index (κ2) is 7.37. The van der Waals surface area contributed by atoms with Gasteiger partial charge < -0.3 is 19.0 Å². The summed E-state index contributed by atoms with van der Waals surface area (Å²) in [5, 5.41) is 10.2. The van der Waals surface area contributed by atoms with Crippen molar-refractivity contribution in [1.82, 2.24) is 15.1 Å². The summed E-state index contributed by atoms with van der Waals surface area (Å²) in [4.78, 5) is 18.0. The lowest BCUT2D eigenvalue weighted by Gasteiger charge is -2.31. The minimum atomic E-state index is 0.0191. The van der Waals surface area contributed by atoms with Gasteiger partial charge in [-0.1, -0.05) is 6.07 Å². The van der Waals surface area contributed by atoms with Gasteiger partial charge in [0.2, 0.25) is 5.89 Å². The second-order valence-corrected chi connectivity index (χ2v) is 7.84. The van der Waals surface area contributed by atoms with E-state index in [-0.39, 0.29) is 5.91 Å². The zero-order chi connectivity index (χ0) is 18.9. The fraction of sp³-hybridized carbons (Fsp3) is 0.350. The molecule has 28 heavy (non-hydrogen) atoms. The highest BCUT2D eigenvalue weighted by Gasteiger charge is 2.27. The SMILES string of the molecule is O=C1c2ccc(N3CCOCC3)cc2CCN1Cc1nnc(-c2cccs2)o1. The fourth-order valence-corrected chi connectivity index (χ4v) is 4.32. The molecule has 0 aliphatic carbocycles. The number of hydrogen-bond acceptors (Lipinski definition) is 7. The van der Waals surface area contributed by atoms with Crippen LogP contribution in [0.3, 0.4) is 0 Å². The molecule has 5 rings (SSSR count). The molecule has 0 spiro atoms. The van der Waals surface area contributed by atoms with Crippen LogP contribution in [-0.2, 0) is 17.7 Å². The molecule has 0 atom stereocenters. The third-order valence-electron chi connectivity index (χ3n) is 5.16. The van der Waals surface area contributed by atoms with Crippen LogP contribution in [0.1, 0.15) is 21.8 Å². The van der Waals surface area contributed by atoms with Crippen LogP contribution < -0.4 is 4.90 Å². The Morgan fingerprint density at radius 1 is 1.11 bits per heavy atom. The van der Waals surface area contributed by atoms with Crippen LogP contribution in [0, 0.1) is 0 Å². The second-order valence-electron chi connectivity index (χ2n) is 6.90. The molecule has 2 aliphatic heterocycles. The summed E-state index contributed by atoms with van der Waals surface area (Å²) in [6.45, 7) is 4.27. The number of carbonyl (C=O) groups excluding carboxylic acids is 1. The van der Waals surface area contributed by atoms with Gasteiger partial charge in [0.05, 0.1) is 24.6 Å². The number of amides is 1. The predicted molar refractivity (Wildman–Crippen MR) is 106 cm³/mol. The normalized spacial score (nSPS) is 17.1. The molecule has 3 aromatic rings. The number of carbonyl (C=O) groups is 1. The number of fused-ring (bicyclic) bond motifs is 1. The van der Waals surface area contributed by atoms with E-state index in [1.54, 1.807) is 16.2 Å². The molecule has 1 saturated heterocycles. The van der Waals surface area contributed by atoms with E-state index < -0.39 is 0 Å². The summed E-state index contributed by atoms with van der Waals surface area (Å²) >= 11 is 1.55. The van der Waals surface area contributed by atoms with Gasteiger partial charge in [-0.3, -0.25) is 4.79 Å². The minimum absolute atomic E-state index is 0.0191. The maximum absolute atomic E-state index is 12.9. The van der Waals surface area contributed by atoms with E-state index >= 15 is 0 Å². The van der Waals surface area contributed by atoms with Gasteiger partial charge in [-0.05, 0) is 41.6 Å². The number of aromatic nitrogens is 2. The molecule has 8 heteroatoms. The zero-order valence-electron chi connectivity index (χ0n) is 15.3. The van der Waals surface area contributed by atoms with Crippen LogP contribution in [0.5, 0.6) is 0 Å². The smallest absolute Gasteiger partial charge is 0.257 e. The van der Waals surface area contributed by atoms with Crippen molar-refractivity contribution >= 4 is 22.9 Å². The first kappa shape index (κ1) is 17.4. The Bertz CT molecular complexity index is 979. The van der Waals surface area contributed by atoms with Crippen LogP contribution in [0.2, 0.25) is 0 Å². The molecule has 0 unspecified atom stereocenters. The van der Waals surface area contributed by atoms with E-state index in [1.807, 2.05) is 29.6 Å². The first-order valence-corrected chi connectivity index (χ1v) is 10.3. The van der Waals surface area contributed by atoms with Crippen LogP contribution in [-0.4, -0.2) is 53.9 Å². The van der Waals surface area contributed by atoms with Gasteiger partial charge in [-0.2, -0.15) is 0 Å². The standard InChI is InChI=1S/C20H20N4O3S/c25-20-16-4-3-15(23-7-9-26-10-8-23)12-14(16)5-6-24(20)13-18-21-22-19(27-18)17-2-1-11-28-17/h1-4,11-12H,5-10,13H2. The number of hydrogen-bond donors (Lipinski definition) is 0. The average molecular weight is 396 g/mol. The van der Waals surface area contributed by atoms with E-state index in [2.05, 4.69) is 21.2 Å². The van der Waals surface area contributed by atoms with Crippen molar-refractivity contribution in [1.29, 1.82) is 0 Å². The van der Waals surface area contributed by atoms with Crippen LogP contribution in [0.25, 0.3) is 10.8 Å². The largest absolute Gasteiger partial charge is 0.418 e. The van der Waals surface area contributed by atoms with Gasteiger partial charge in [0.25, 0.3) is 11.8 Å². The number of thiophene rings is 1. The van der Waals surface area contributed by atoms with Crippen molar-refractivity contribution in [2.24, 2.45) is 0 Å². The Morgan fingerprint density at radius 2 is 2.00 bits per heavy atom. The number of benzene rings is 1. The van der Waals surface area contributed by atoms with Crippen molar-refractivity contribution in [2.45, 2.75) is 13.0 Å². The number of nitrogens with zero attached hydrogens (tertiary/aromatic N) is 4. The Morgan fingerprint density at radius 3 is 2.82 bits per heavy atom. The highest BCUT2D eigenvalue weighted by atomic mass is 32.1. The lowest BCUT2D eigenvalue weighted by molar-refractivity contribution is 0.0712. The molecule has 2 aromatic heterocycles. The van der Waals surface area contributed by atoms with E-state index in [4.69, 9.17) is 9.15 Å². The van der Waals surface area contributed by atoms with Crippen LogP contribution >= 0.6 is 11.3 Å². The van der Waals surface area contributed by atoms with E-state index in [9.17, 15) is 4.79 Å². The Balaban J connectivity index is 1.31. The molecule has 0 radical (unpaired) electrons.